The average molecular weight is 505 g/mol. The minimum Gasteiger partial charge on any atom is -1.00 e. The fourth-order valence-corrected chi connectivity index (χ4v) is 3.35. The van der Waals surface area contributed by atoms with Gasteiger partial charge in [-0.1, -0.05) is 65.3 Å². The average Bonchev–Trinajstić information content (AvgIpc) is 3.23. The number of benzene rings is 2. The summed E-state index contributed by atoms with van der Waals surface area (Å²) in [6, 6.07) is 25.2. The zero-order chi connectivity index (χ0) is 18.9. The van der Waals surface area contributed by atoms with Gasteiger partial charge in [-0.05, 0) is 28.4 Å². The van der Waals surface area contributed by atoms with E-state index in [0.29, 0.717) is 0 Å². The largest absolute Gasteiger partial charge is 4.00 e. The first-order chi connectivity index (χ1) is 12.2. The summed E-state index contributed by atoms with van der Waals surface area (Å²) < 4.78 is 0. The van der Waals surface area contributed by atoms with E-state index in [-0.39, 0.29) is 61.8 Å². The Morgan fingerprint density at radius 2 is 1.38 bits per heavy atom. The van der Waals surface area contributed by atoms with Crippen LogP contribution in [0, 0.1) is 6.07 Å². The van der Waals surface area contributed by atoms with Crippen molar-refractivity contribution in [1.82, 2.24) is 0 Å². The van der Waals surface area contributed by atoms with Crippen molar-refractivity contribution in [2.24, 2.45) is 0 Å². The summed E-state index contributed by atoms with van der Waals surface area (Å²) in [4.78, 5) is 0. The second-order valence-electron chi connectivity index (χ2n) is 9.28. The zero-order valence-corrected chi connectivity index (χ0v) is 22.2. The summed E-state index contributed by atoms with van der Waals surface area (Å²) in [5, 5.41) is 0. The predicted molar refractivity (Wildman–Crippen MR) is 113 cm³/mol. The second kappa shape index (κ2) is 11.0. The van der Waals surface area contributed by atoms with Crippen molar-refractivity contribution in [3.05, 3.63) is 89.0 Å². The third kappa shape index (κ3) is 6.88. The normalized spacial score (nSPS) is 11.5. The van der Waals surface area contributed by atoms with Crippen molar-refractivity contribution in [3.63, 3.8) is 0 Å². The van der Waals surface area contributed by atoms with Gasteiger partial charge in [-0.2, -0.15) is 42.0 Å². The van der Waals surface area contributed by atoms with Gasteiger partial charge in [-0.15, -0.1) is 11.1 Å². The first-order valence-electron chi connectivity index (χ1n) is 9.52. The molecule has 3 aromatic rings. The van der Waals surface area contributed by atoms with Gasteiger partial charge in [-0.25, -0.2) is 12.1 Å². The molecule has 1 aliphatic carbocycles. The summed E-state index contributed by atoms with van der Waals surface area (Å²) in [5.41, 5.74) is 8.70. The van der Waals surface area contributed by atoms with Crippen molar-refractivity contribution in [2.75, 3.05) is 0 Å². The Hall–Kier alpha value is -0.747. The summed E-state index contributed by atoms with van der Waals surface area (Å²) >= 11 is 0. The summed E-state index contributed by atoms with van der Waals surface area (Å²) in [5.74, 6) is 0. The third-order valence-corrected chi connectivity index (χ3v) is 5.02. The molecule has 0 heterocycles. The van der Waals surface area contributed by atoms with Gasteiger partial charge in [0.05, 0.1) is 0 Å². The van der Waals surface area contributed by atoms with Crippen LogP contribution in [0.15, 0.2) is 60.7 Å². The van der Waals surface area contributed by atoms with Gasteiger partial charge in [0.15, 0.2) is 0 Å². The van der Waals surface area contributed by atoms with E-state index in [0.717, 1.165) is 6.42 Å². The fourth-order valence-electron chi connectivity index (χ4n) is 3.35. The Morgan fingerprint density at radius 1 is 0.793 bits per heavy atom. The molecule has 4 rings (SSSR count). The number of hydrogen-bond acceptors (Lipinski definition) is 0. The van der Waals surface area contributed by atoms with Gasteiger partial charge in [0.1, 0.15) is 0 Å². The predicted octanol–water partition coefficient (Wildman–Crippen LogP) is 1.06. The SMILES string of the molecule is CC(C)(C)c1[c-]c2c(cc1)-c1ccc(C(C)(C)C)cc1C2.[Cl-].[Cl-].[Zr+4].c1cc[cH-]c1. The molecule has 0 atom stereocenters. The topological polar surface area (TPSA) is 0 Å². The van der Waals surface area contributed by atoms with Crippen molar-refractivity contribution in [3.8, 4) is 11.1 Å². The molecule has 0 N–H and O–H groups in total. The molecule has 29 heavy (non-hydrogen) atoms. The Balaban J connectivity index is 0.000000863. The molecule has 0 spiro atoms. The van der Waals surface area contributed by atoms with Gasteiger partial charge in [0, 0.05) is 0 Å². The molecular weight excluding hydrogens is 474 g/mol. The molecule has 0 bridgehead atoms. The Bertz CT molecular complexity index is 803. The van der Waals surface area contributed by atoms with E-state index in [1.807, 2.05) is 30.3 Å². The van der Waals surface area contributed by atoms with E-state index in [9.17, 15) is 0 Å². The number of rotatable bonds is 0. The van der Waals surface area contributed by atoms with Crippen molar-refractivity contribution >= 4 is 0 Å². The van der Waals surface area contributed by atoms with Gasteiger partial charge < -0.3 is 24.8 Å². The molecule has 0 saturated heterocycles. The monoisotopic (exact) mass is 502 g/mol. The van der Waals surface area contributed by atoms with Crippen LogP contribution in [0.4, 0.5) is 0 Å². The van der Waals surface area contributed by atoms with E-state index >= 15 is 0 Å². The van der Waals surface area contributed by atoms with E-state index in [2.05, 4.69) is 77.9 Å². The van der Waals surface area contributed by atoms with Crippen LogP contribution in [0.5, 0.6) is 0 Å². The van der Waals surface area contributed by atoms with Gasteiger partial charge in [0.25, 0.3) is 0 Å². The molecular formula is C26H30Cl2Zr. The van der Waals surface area contributed by atoms with E-state index < -0.39 is 0 Å². The molecule has 0 aliphatic heterocycles. The molecule has 3 aromatic carbocycles. The number of halogens is 2. The molecule has 0 aromatic heterocycles. The number of fused-ring (bicyclic) bond motifs is 3. The van der Waals surface area contributed by atoms with Crippen LogP contribution in [-0.4, -0.2) is 0 Å². The molecule has 1 aliphatic rings. The molecule has 0 radical (unpaired) electrons. The van der Waals surface area contributed by atoms with Crippen LogP contribution < -0.4 is 24.8 Å². The Kier molecular flexibility index (Phi) is 10.8. The van der Waals surface area contributed by atoms with Gasteiger partial charge in [0.2, 0.25) is 0 Å². The summed E-state index contributed by atoms with van der Waals surface area (Å²) in [7, 11) is 0. The second-order valence-corrected chi connectivity index (χ2v) is 9.28. The van der Waals surface area contributed by atoms with E-state index in [1.54, 1.807) is 0 Å². The molecule has 152 valence electrons. The standard InChI is InChI=1S/C21H25.C5H5.2ClH.Zr/c1-20(2,3)16-7-9-18-14(12-16)11-15-13-17(21(4,5)6)8-10-19(15)18;1-2-4-5-3-1;;;/h7-10,12H,11H2,1-6H3;1-5H;2*1H;/q2*-1;;;+4/p-2. The van der Waals surface area contributed by atoms with E-state index in [1.165, 1.54) is 33.4 Å². The van der Waals surface area contributed by atoms with Gasteiger partial charge >= 0.3 is 26.2 Å². The maximum Gasteiger partial charge on any atom is 4.00 e. The molecule has 0 unspecified atom stereocenters. The molecule has 3 heteroatoms. The van der Waals surface area contributed by atoms with Crippen LogP contribution >= 0.6 is 0 Å². The Labute approximate surface area is 208 Å². The number of hydrogen-bond donors (Lipinski definition) is 0. The quantitative estimate of drug-likeness (QED) is 0.315. The van der Waals surface area contributed by atoms with Crippen molar-refractivity contribution in [2.45, 2.75) is 58.8 Å². The van der Waals surface area contributed by atoms with Crippen LogP contribution in [0.2, 0.25) is 0 Å². The van der Waals surface area contributed by atoms with Crippen LogP contribution in [0.1, 0.15) is 63.8 Å². The minimum atomic E-state index is 0. The first-order valence-corrected chi connectivity index (χ1v) is 9.52. The smallest absolute Gasteiger partial charge is 1.00 e. The zero-order valence-electron chi connectivity index (χ0n) is 18.2. The fraction of sp³-hybridized carbons (Fsp3) is 0.346. The Morgan fingerprint density at radius 3 is 1.86 bits per heavy atom. The molecule has 0 amide bonds. The minimum absolute atomic E-state index is 0. The molecule has 0 nitrogen and oxygen atoms in total. The van der Waals surface area contributed by atoms with Gasteiger partial charge in [-0.3, -0.25) is 0 Å². The summed E-state index contributed by atoms with van der Waals surface area (Å²) in [6.45, 7) is 13.6. The van der Waals surface area contributed by atoms with E-state index in [4.69, 9.17) is 0 Å². The van der Waals surface area contributed by atoms with Crippen LogP contribution in [0.3, 0.4) is 0 Å². The maximum atomic E-state index is 3.67. The summed E-state index contributed by atoms with van der Waals surface area (Å²) in [6.07, 6.45) is 1.03. The van der Waals surface area contributed by atoms with Crippen LogP contribution in [0.25, 0.3) is 11.1 Å². The third-order valence-electron chi connectivity index (χ3n) is 5.02. The maximum absolute atomic E-state index is 3.67. The molecule has 0 saturated carbocycles. The van der Waals surface area contributed by atoms with Crippen molar-refractivity contribution in [1.29, 1.82) is 0 Å². The first kappa shape index (κ1) is 28.3. The van der Waals surface area contributed by atoms with Crippen molar-refractivity contribution < 1.29 is 51.0 Å². The van der Waals surface area contributed by atoms with Crippen LogP contribution in [-0.2, 0) is 43.5 Å². The molecule has 0 fully saturated rings.